The number of carbonyl (C=O) groups is 1. The van der Waals surface area contributed by atoms with Gasteiger partial charge in [-0.3, -0.25) is 9.48 Å². The van der Waals surface area contributed by atoms with Gasteiger partial charge in [-0.05, 0) is 25.8 Å². The number of hydrogen-bond acceptors (Lipinski definition) is 6. The Hall–Kier alpha value is -2.19. The van der Waals surface area contributed by atoms with Crippen molar-refractivity contribution in [3.8, 4) is 5.75 Å². The number of thioether (sulfide) groups is 1. The Bertz CT molecular complexity index is 873. The molecule has 1 fully saturated rings. The highest BCUT2D eigenvalue weighted by molar-refractivity contribution is 8.03. The molecular formula is C18H22N4O3S. The molecule has 2 aromatic rings. The van der Waals surface area contributed by atoms with Crippen LogP contribution in [0.25, 0.3) is 10.9 Å². The largest absolute Gasteiger partial charge is 0.494 e. The highest BCUT2D eigenvalue weighted by Gasteiger charge is 2.30. The first-order valence-electron chi connectivity index (χ1n) is 8.68. The van der Waals surface area contributed by atoms with Crippen LogP contribution in [-0.2, 0) is 9.53 Å². The van der Waals surface area contributed by atoms with Gasteiger partial charge in [0.15, 0.2) is 0 Å². The highest BCUT2D eigenvalue weighted by atomic mass is 32.2. The van der Waals surface area contributed by atoms with Crippen molar-refractivity contribution in [1.82, 2.24) is 9.78 Å². The van der Waals surface area contributed by atoms with Crippen molar-refractivity contribution in [2.75, 3.05) is 25.2 Å². The minimum Gasteiger partial charge on any atom is -0.494 e. The Morgan fingerprint density at radius 2 is 2.15 bits per heavy atom. The topological polar surface area (TPSA) is 82.6 Å². The molecule has 0 spiro atoms. The van der Waals surface area contributed by atoms with Gasteiger partial charge in [0.05, 0.1) is 29.7 Å². The van der Waals surface area contributed by atoms with E-state index in [4.69, 9.17) is 20.3 Å². The average Bonchev–Trinajstić information content (AvgIpc) is 3.24. The molecule has 26 heavy (non-hydrogen) atoms. The van der Waals surface area contributed by atoms with Gasteiger partial charge in [-0.1, -0.05) is 0 Å². The van der Waals surface area contributed by atoms with E-state index >= 15 is 0 Å². The maximum Gasteiger partial charge on any atom is 0.265 e. The third-order valence-electron chi connectivity index (χ3n) is 4.90. The number of fused-ring (bicyclic) bond motifs is 1. The van der Waals surface area contributed by atoms with Gasteiger partial charge in [-0.2, -0.15) is 5.10 Å². The van der Waals surface area contributed by atoms with E-state index < -0.39 is 5.91 Å². The summed E-state index contributed by atoms with van der Waals surface area (Å²) in [5, 5.41) is 7.62. The lowest BCUT2D eigenvalue weighted by atomic mass is 10.1. The molecule has 138 valence electrons. The molecule has 0 bridgehead atoms. The zero-order valence-electron chi connectivity index (χ0n) is 14.8. The van der Waals surface area contributed by atoms with Gasteiger partial charge >= 0.3 is 0 Å². The summed E-state index contributed by atoms with van der Waals surface area (Å²) in [6.45, 7) is 3.57. The number of methoxy groups -OCH3 is 1. The molecule has 0 saturated carbocycles. The molecule has 1 saturated heterocycles. The van der Waals surface area contributed by atoms with Gasteiger partial charge in [-0.15, -0.1) is 11.8 Å². The number of aromatic nitrogens is 2. The first kappa shape index (κ1) is 17.2. The maximum atomic E-state index is 11.8. The number of carbonyl (C=O) groups excluding carboxylic acids is 1. The third kappa shape index (κ3) is 2.93. The standard InChI is InChI=1S/C18H22N4O3S/c1-11-22(16(10-26-11)18(19)23)15-7-12-9-21(13-3-5-25-6-4-13)20-14(12)8-17(15)24-2/h7-11,13H,3-6H2,1-2H3,(H2,19,23). The van der Waals surface area contributed by atoms with Crippen molar-refractivity contribution >= 4 is 34.3 Å². The summed E-state index contributed by atoms with van der Waals surface area (Å²) in [5.41, 5.74) is 7.75. The highest BCUT2D eigenvalue weighted by Crippen LogP contribution is 2.42. The monoisotopic (exact) mass is 374 g/mol. The smallest absolute Gasteiger partial charge is 0.265 e. The van der Waals surface area contributed by atoms with Crippen LogP contribution in [0.3, 0.4) is 0 Å². The molecule has 7 nitrogen and oxygen atoms in total. The van der Waals surface area contributed by atoms with Gasteiger partial charge in [-0.25, -0.2) is 0 Å². The molecule has 1 aromatic heterocycles. The van der Waals surface area contributed by atoms with Crippen molar-refractivity contribution in [3.63, 3.8) is 0 Å². The van der Waals surface area contributed by atoms with Crippen LogP contribution >= 0.6 is 11.8 Å². The van der Waals surface area contributed by atoms with E-state index in [9.17, 15) is 4.79 Å². The van der Waals surface area contributed by atoms with Gasteiger partial charge in [0.2, 0.25) is 0 Å². The van der Waals surface area contributed by atoms with E-state index in [1.165, 1.54) is 0 Å². The van der Waals surface area contributed by atoms with Crippen LogP contribution in [0, 0.1) is 0 Å². The quantitative estimate of drug-likeness (QED) is 0.886. The third-order valence-corrected chi connectivity index (χ3v) is 5.86. The molecule has 3 heterocycles. The second kappa shape index (κ2) is 6.85. The molecule has 2 aliphatic heterocycles. The number of amides is 1. The number of ether oxygens (including phenoxy) is 2. The number of anilines is 1. The molecule has 2 N–H and O–H groups in total. The second-order valence-corrected chi connectivity index (χ2v) is 7.70. The Morgan fingerprint density at radius 1 is 1.38 bits per heavy atom. The number of rotatable bonds is 4. The molecule has 1 unspecified atom stereocenters. The fourth-order valence-corrected chi connectivity index (χ4v) is 4.43. The van der Waals surface area contributed by atoms with Crippen molar-refractivity contribution in [1.29, 1.82) is 0 Å². The Kier molecular flexibility index (Phi) is 4.54. The van der Waals surface area contributed by atoms with Crippen molar-refractivity contribution in [2.24, 2.45) is 5.73 Å². The lowest BCUT2D eigenvalue weighted by Gasteiger charge is -2.27. The molecule has 0 aliphatic carbocycles. The molecule has 2 aliphatic rings. The Morgan fingerprint density at radius 3 is 2.85 bits per heavy atom. The van der Waals surface area contributed by atoms with Gasteiger partial charge in [0.25, 0.3) is 5.91 Å². The SMILES string of the molecule is COc1cc2nn(C3CCOCC3)cc2cc1N1C(C(N)=O)=CSC1C. The van der Waals surface area contributed by atoms with Crippen LogP contribution < -0.4 is 15.4 Å². The Labute approximate surface area is 156 Å². The molecule has 1 aromatic carbocycles. The van der Waals surface area contributed by atoms with Crippen molar-refractivity contribution in [2.45, 2.75) is 31.2 Å². The molecule has 0 radical (unpaired) electrons. The van der Waals surface area contributed by atoms with E-state index in [-0.39, 0.29) is 5.37 Å². The van der Waals surface area contributed by atoms with E-state index in [1.54, 1.807) is 18.9 Å². The molecule has 8 heteroatoms. The fraction of sp³-hybridized carbons (Fsp3) is 0.444. The first-order valence-corrected chi connectivity index (χ1v) is 9.62. The fourth-order valence-electron chi connectivity index (χ4n) is 3.53. The van der Waals surface area contributed by atoms with Crippen LogP contribution in [0.2, 0.25) is 0 Å². The molecule has 4 rings (SSSR count). The van der Waals surface area contributed by atoms with Crippen LogP contribution in [0.1, 0.15) is 25.8 Å². The van der Waals surface area contributed by atoms with E-state index in [0.29, 0.717) is 17.5 Å². The predicted octanol–water partition coefficient (Wildman–Crippen LogP) is 2.62. The van der Waals surface area contributed by atoms with Gasteiger partial charge in [0, 0.05) is 36.3 Å². The zero-order chi connectivity index (χ0) is 18.3. The number of hydrogen-bond donors (Lipinski definition) is 1. The van der Waals surface area contributed by atoms with E-state index in [0.717, 1.165) is 42.6 Å². The summed E-state index contributed by atoms with van der Waals surface area (Å²) in [5.74, 6) is 0.234. The van der Waals surface area contributed by atoms with E-state index in [1.807, 2.05) is 34.0 Å². The average molecular weight is 374 g/mol. The van der Waals surface area contributed by atoms with Gasteiger partial charge < -0.3 is 20.1 Å². The summed E-state index contributed by atoms with van der Waals surface area (Å²) in [7, 11) is 1.63. The number of nitrogens with two attached hydrogens (primary N) is 1. The lowest BCUT2D eigenvalue weighted by Crippen LogP contribution is -2.32. The second-order valence-electron chi connectivity index (χ2n) is 6.51. The van der Waals surface area contributed by atoms with Gasteiger partial charge in [0.1, 0.15) is 11.4 Å². The number of nitrogens with zero attached hydrogens (tertiary/aromatic N) is 3. The molecule has 1 amide bonds. The summed E-state index contributed by atoms with van der Waals surface area (Å²) in [6, 6.07) is 4.30. The summed E-state index contributed by atoms with van der Waals surface area (Å²) in [6.07, 6.45) is 3.99. The zero-order valence-corrected chi connectivity index (χ0v) is 15.7. The predicted molar refractivity (Wildman–Crippen MR) is 102 cm³/mol. The number of primary amides is 1. The van der Waals surface area contributed by atoms with Crippen LogP contribution in [0.4, 0.5) is 5.69 Å². The van der Waals surface area contributed by atoms with Crippen LogP contribution in [0.15, 0.2) is 29.4 Å². The minimum absolute atomic E-state index is 0.0642. The molecule has 1 atom stereocenters. The van der Waals surface area contributed by atoms with Crippen LogP contribution in [0.5, 0.6) is 5.75 Å². The lowest BCUT2D eigenvalue weighted by molar-refractivity contribution is -0.114. The summed E-state index contributed by atoms with van der Waals surface area (Å²) >= 11 is 1.56. The van der Waals surface area contributed by atoms with E-state index in [2.05, 4.69) is 6.20 Å². The summed E-state index contributed by atoms with van der Waals surface area (Å²) in [4.78, 5) is 13.8. The Balaban J connectivity index is 1.77. The van der Waals surface area contributed by atoms with Crippen LogP contribution in [-0.4, -0.2) is 41.4 Å². The number of benzene rings is 1. The van der Waals surface area contributed by atoms with Crippen molar-refractivity contribution < 1.29 is 14.3 Å². The van der Waals surface area contributed by atoms with Crippen molar-refractivity contribution in [3.05, 3.63) is 29.4 Å². The molecular weight excluding hydrogens is 352 g/mol. The maximum absolute atomic E-state index is 11.8. The summed E-state index contributed by atoms with van der Waals surface area (Å²) < 4.78 is 13.1. The normalized spacial score (nSPS) is 21.2. The minimum atomic E-state index is -0.443. The first-order chi connectivity index (χ1) is 12.6.